The van der Waals surface area contributed by atoms with Crippen LogP contribution in [0.3, 0.4) is 0 Å². The Balaban J connectivity index is 1.07. The van der Waals surface area contributed by atoms with E-state index >= 15 is 0 Å². The molecule has 9 heteroatoms. The minimum atomic E-state index is -0.903. The van der Waals surface area contributed by atoms with Crippen molar-refractivity contribution in [1.29, 1.82) is 0 Å². The number of nitrogens with one attached hydrogen (secondary N) is 3. The van der Waals surface area contributed by atoms with Crippen molar-refractivity contribution in [2.75, 3.05) is 11.5 Å². The van der Waals surface area contributed by atoms with Crippen molar-refractivity contribution in [2.45, 2.75) is 81.4 Å². The molecule has 2 aromatic carbocycles. The fraction of sp³-hybridized carbons (Fsp3) is 0.529. The van der Waals surface area contributed by atoms with E-state index in [-0.39, 0.29) is 17.2 Å². The van der Waals surface area contributed by atoms with Crippen LogP contribution in [0.5, 0.6) is 0 Å². The summed E-state index contributed by atoms with van der Waals surface area (Å²) in [5, 5.41) is 16.9. The highest BCUT2D eigenvalue weighted by Gasteiger charge is 2.67. The minimum absolute atomic E-state index is 0.0246. The highest BCUT2D eigenvalue weighted by molar-refractivity contribution is 7.99. The molecule has 8 nitrogen and oxygen atoms in total. The number of rotatable bonds is 11. The summed E-state index contributed by atoms with van der Waals surface area (Å²) in [7, 11) is 0. The molecule has 1 saturated heterocycles. The fourth-order valence-electron chi connectivity index (χ4n) is 8.84. The van der Waals surface area contributed by atoms with Crippen LogP contribution in [0.1, 0.15) is 57.1 Å². The molecule has 228 valence electrons. The quantitative estimate of drug-likeness (QED) is 0.204. The molecule has 2 heterocycles. The Morgan fingerprint density at radius 2 is 1.79 bits per heavy atom. The van der Waals surface area contributed by atoms with Crippen LogP contribution >= 0.6 is 11.8 Å². The predicted octanol–water partition coefficient (Wildman–Crippen LogP) is 5.82. The van der Waals surface area contributed by atoms with Gasteiger partial charge in [0.25, 0.3) is 0 Å². The molecule has 1 amide bonds. The van der Waals surface area contributed by atoms with Crippen molar-refractivity contribution in [3.8, 4) is 0 Å². The van der Waals surface area contributed by atoms with E-state index in [9.17, 15) is 9.59 Å². The zero-order chi connectivity index (χ0) is 29.8. The van der Waals surface area contributed by atoms with Gasteiger partial charge in [-0.25, -0.2) is 4.79 Å². The van der Waals surface area contributed by atoms with E-state index in [0.29, 0.717) is 23.5 Å². The molecule has 8 rings (SSSR count). The van der Waals surface area contributed by atoms with E-state index in [1.54, 1.807) is 0 Å². The van der Waals surface area contributed by atoms with Crippen LogP contribution in [-0.2, 0) is 26.1 Å². The number of carbonyl (C=O) groups is 2. The van der Waals surface area contributed by atoms with Gasteiger partial charge in [0.15, 0.2) is 12.0 Å². The Labute approximate surface area is 256 Å². The minimum Gasteiger partial charge on any atom is -0.481 e. The number of H-pyrrole nitrogens is 1. The number of amides is 1. The number of benzene rings is 2. The van der Waals surface area contributed by atoms with E-state index in [0.717, 1.165) is 43.2 Å². The second-order valence-corrected chi connectivity index (χ2v) is 14.6. The number of hydrogen-bond donors (Lipinski definition) is 4. The third-order valence-electron chi connectivity index (χ3n) is 10.7. The van der Waals surface area contributed by atoms with Gasteiger partial charge in [-0.1, -0.05) is 48.5 Å². The van der Waals surface area contributed by atoms with E-state index < -0.39 is 29.6 Å². The van der Waals surface area contributed by atoms with E-state index in [1.807, 2.05) is 25.1 Å². The number of para-hydroxylation sites is 1. The second kappa shape index (κ2) is 10.9. The summed E-state index contributed by atoms with van der Waals surface area (Å²) in [4.78, 5) is 28.3. The van der Waals surface area contributed by atoms with Crippen molar-refractivity contribution >= 4 is 34.7 Å². The van der Waals surface area contributed by atoms with Gasteiger partial charge in [-0.2, -0.15) is 0 Å². The van der Waals surface area contributed by atoms with Gasteiger partial charge >= 0.3 is 12.1 Å². The Morgan fingerprint density at radius 1 is 1.07 bits per heavy atom. The van der Waals surface area contributed by atoms with Gasteiger partial charge in [0.05, 0.1) is 5.75 Å². The first-order valence-corrected chi connectivity index (χ1v) is 16.7. The molecule has 4 aliphatic carbocycles. The number of aromatic amines is 1. The van der Waals surface area contributed by atoms with Gasteiger partial charge < -0.3 is 19.6 Å². The number of epoxide rings is 1. The molecule has 1 aromatic heterocycles. The first kappa shape index (κ1) is 28.7. The number of carbonyl (C=O) groups excluding carboxylic acids is 1. The van der Waals surface area contributed by atoms with Crippen LogP contribution in [0.25, 0.3) is 10.9 Å². The molecule has 4 unspecified atom stereocenters. The normalized spacial score (nSPS) is 34.7. The fourth-order valence-corrected chi connectivity index (χ4v) is 9.63. The topological polar surface area (TPSA) is 116 Å². The number of ether oxygens (including phenoxy) is 2. The highest BCUT2D eigenvalue weighted by atomic mass is 32.2. The zero-order valence-electron chi connectivity index (χ0n) is 24.8. The molecular weight excluding hydrogens is 562 g/mol. The van der Waals surface area contributed by atoms with Crippen LogP contribution < -0.4 is 10.6 Å². The maximum absolute atomic E-state index is 13.7. The van der Waals surface area contributed by atoms with Gasteiger partial charge in [0, 0.05) is 34.3 Å². The van der Waals surface area contributed by atoms with Crippen LogP contribution in [-0.4, -0.2) is 57.3 Å². The lowest BCUT2D eigenvalue weighted by atomic mass is 9.42. The highest BCUT2D eigenvalue weighted by Crippen LogP contribution is 2.67. The van der Waals surface area contributed by atoms with Crippen molar-refractivity contribution in [2.24, 2.45) is 17.8 Å². The smallest absolute Gasteiger partial charge is 0.410 e. The summed E-state index contributed by atoms with van der Waals surface area (Å²) in [5.74, 6) is 1.48. The van der Waals surface area contributed by atoms with Crippen molar-refractivity contribution in [3.63, 3.8) is 0 Å². The molecule has 3 aromatic rings. The van der Waals surface area contributed by atoms with E-state index in [1.165, 1.54) is 29.1 Å². The zero-order valence-corrected chi connectivity index (χ0v) is 25.6. The summed E-state index contributed by atoms with van der Waals surface area (Å²) in [6, 6.07) is 18.5. The van der Waals surface area contributed by atoms with Crippen LogP contribution in [0.4, 0.5) is 4.79 Å². The average Bonchev–Trinajstić information content (AvgIpc) is 3.37. The van der Waals surface area contributed by atoms with Crippen LogP contribution in [0, 0.1) is 17.8 Å². The maximum atomic E-state index is 13.7. The Morgan fingerprint density at radius 3 is 2.53 bits per heavy atom. The Hall–Kier alpha value is -3.01. The lowest BCUT2D eigenvalue weighted by Crippen LogP contribution is -2.67. The van der Waals surface area contributed by atoms with Crippen molar-refractivity contribution < 1.29 is 24.2 Å². The third-order valence-corrected chi connectivity index (χ3v) is 11.8. The van der Waals surface area contributed by atoms with Gasteiger partial charge in [-0.05, 0) is 87.3 Å². The summed E-state index contributed by atoms with van der Waals surface area (Å²) >= 11 is 1.37. The molecule has 6 atom stereocenters. The molecule has 4 N–H and O–H groups in total. The first-order chi connectivity index (χ1) is 20.7. The summed E-state index contributed by atoms with van der Waals surface area (Å²) in [5.41, 5.74) is 1.80. The molecular formula is C34H41N3O5S. The van der Waals surface area contributed by atoms with Gasteiger partial charge in [-0.15, -0.1) is 11.8 Å². The van der Waals surface area contributed by atoms with E-state index in [4.69, 9.17) is 14.6 Å². The van der Waals surface area contributed by atoms with Crippen LogP contribution in [0.2, 0.25) is 0 Å². The van der Waals surface area contributed by atoms with E-state index in [2.05, 4.69) is 65.1 Å². The number of aliphatic carboxylic acids is 1. The molecule has 43 heavy (non-hydrogen) atoms. The number of thioether (sulfide) groups is 1. The first-order valence-electron chi connectivity index (χ1n) is 15.5. The average molecular weight is 604 g/mol. The number of aromatic nitrogens is 1. The molecule has 0 radical (unpaired) electrons. The molecule has 5 aliphatic rings. The summed E-state index contributed by atoms with van der Waals surface area (Å²) < 4.78 is 12.6. The largest absolute Gasteiger partial charge is 0.481 e. The summed E-state index contributed by atoms with van der Waals surface area (Å²) in [6.07, 6.45) is 7.64. The second-order valence-electron chi connectivity index (χ2n) is 13.6. The molecule has 5 fully saturated rings. The standard InChI is InChI=1S/C34H41N3O5S/c1-32(24-13-22-12-23(14-24)17-34(32,16-22)27-18-35-28-11-7-6-10-26(27)28)42-31(40)37-33(2)30(41-33)36-25(19-43-20-29(38)39)15-21-8-4-3-5-9-21/h3-11,18,22-25,30,35-36H,12-17,19-20H2,1-2H3,(H,37,40)(H,38,39)/t22?,23?,24?,25?,30-,32?,33+,34?/m0/s1. The molecule has 4 saturated carbocycles. The number of carboxylic acid groups (broad SMARTS) is 1. The van der Waals surface area contributed by atoms with Crippen molar-refractivity contribution in [1.82, 2.24) is 15.6 Å². The predicted molar refractivity (Wildman–Crippen MR) is 167 cm³/mol. The lowest BCUT2D eigenvalue weighted by molar-refractivity contribution is -0.181. The monoisotopic (exact) mass is 603 g/mol. The maximum Gasteiger partial charge on any atom is 0.410 e. The number of hydrogen-bond acceptors (Lipinski definition) is 6. The molecule has 0 spiro atoms. The Bertz CT molecular complexity index is 1500. The lowest BCUT2D eigenvalue weighted by Gasteiger charge is -2.65. The number of carboxylic acids is 1. The van der Waals surface area contributed by atoms with Gasteiger partial charge in [-0.3, -0.25) is 15.4 Å². The van der Waals surface area contributed by atoms with Crippen LogP contribution in [0.15, 0.2) is 60.8 Å². The van der Waals surface area contributed by atoms with Crippen molar-refractivity contribution in [3.05, 3.63) is 71.9 Å². The third kappa shape index (κ3) is 5.23. The molecule has 1 aliphatic heterocycles. The summed E-state index contributed by atoms with van der Waals surface area (Å²) in [6.45, 7) is 4.04. The van der Waals surface area contributed by atoms with Gasteiger partial charge in [0.2, 0.25) is 0 Å². The SMILES string of the molecule is CC1(OC(=O)N[C@]2(C)O[C@@H]2NC(CSCC(=O)O)Cc2ccccc2)C2CC3CC(C2)CC1(c1c[nH]c2ccccc12)C3. The molecule has 4 bridgehead atoms. The van der Waals surface area contributed by atoms with Gasteiger partial charge in [0.1, 0.15) is 5.60 Å². The number of alkyl carbamates (subject to hydrolysis) is 1. The number of fused-ring (bicyclic) bond motifs is 1. The Kier molecular flexibility index (Phi) is 7.26.